The number of amides is 2. The van der Waals surface area contributed by atoms with Gasteiger partial charge >= 0.3 is 6.03 Å². The first kappa shape index (κ1) is 19.3. The second-order valence-corrected chi connectivity index (χ2v) is 8.35. The van der Waals surface area contributed by atoms with Crippen LogP contribution in [-0.4, -0.2) is 41.3 Å². The number of aliphatic hydroxyl groups excluding tert-OH is 1. The SMILES string of the molecule is CC(C)[C@@H]1CC[C@H](C)CCN1C(=O)NCC(C)(C)C[C@H](C)O. The molecule has 0 bridgehead atoms. The van der Waals surface area contributed by atoms with Crippen LogP contribution in [0.25, 0.3) is 0 Å². The summed E-state index contributed by atoms with van der Waals surface area (Å²) in [6, 6.07) is 0.399. The standard InChI is InChI=1S/C18H36N2O2/c1-13(2)16-8-7-14(3)9-10-20(16)17(22)19-12-18(5,6)11-15(4)21/h13-16,21H,7-12H2,1-6H3,(H,19,22)/t14-,15-,16-/m0/s1. The zero-order chi connectivity index (χ0) is 16.9. The van der Waals surface area contributed by atoms with Gasteiger partial charge in [-0.2, -0.15) is 0 Å². The second kappa shape index (κ2) is 8.19. The number of hydrogen-bond donors (Lipinski definition) is 2. The predicted molar refractivity (Wildman–Crippen MR) is 91.8 cm³/mol. The maximum absolute atomic E-state index is 12.7. The van der Waals surface area contributed by atoms with Crippen LogP contribution in [0.15, 0.2) is 0 Å². The van der Waals surface area contributed by atoms with Crippen molar-refractivity contribution in [3.05, 3.63) is 0 Å². The van der Waals surface area contributed by atoms with Crippen molar-refractivity contribution in [3.63, 3.8) is 0 Å². The first-order chi connectivity index (χ1) is 10.1. The topological polar surface area (TPSA) is 52.6 Å². The van der Waals surface area contributed by atoms with Crippen molar-refractivity contribution in [2.45, 2.75) is 79.4 Å². The summed E-state index contributed by atoms with van der Waals surface area (Å²) in [5.74, 6) is 1.19. The fraction of sp³-hybridized carbons (Fsp3) is 0.944. The lowest BCUT2D eigenvalue weighted by Crippen LogP contribution is -2.50. The monoisotopic (exact) mass is 312 g/mol. The van der Waals surface area contributed by atoms with E-state index in [1.54, 1.807) is 6.92 Å². The predicted octanol–water partition coefficient (Wildman–Crippen LogP) is 3.64. The Bertz CT molecular complexity index is 353. The molecule has 4 nitrogen and oxygen atoms in total. The van der Waals surface area contributed by atoms with Crippen LogP contribution in [0.2, 0.25) is 0 Å². The summed E-state index contributed by atoms with van der Waals surface area (Å²) in [5.41, 5.74) is -0.0870. The van der Waals surface area contributed by atoms with Crippen LogP contribution in [-0.2, 0) is 0 Å². The number of carbonyl (C=O) groups is 1. The lowest BCUT2D eigenvalue weighted by atomic mass is 9.87. The number of carbonyl (C=O) groups excluding carboxylic acids is 1. The highest BCUT2D eigenvalue weighted by atomic mass is 16.3. The van der Waals surface area contributed by atoms with Gasteiger partial charge in [-0.1, -0.05) is 34.6 Å². The van der Waals surface area contributed by atoms with Crippen molar-refractivity contribution in [1.82, 2.24) is 10.2 Å². The summed E-state index contributed by atoms with van der Waals surface area (Å²) >= 11 is 0. The van der Waals surface area contributed by atoms with Gasteiger partial charge in [0.15, 0.2) is 0 Å². The third-order valence-corrected chi connectivity index (χ3v) is 4.81. The van der Waals surface area contributed by atoms with Gasteiger partial charge in [-0.05, 0) is 49.9 Å². The van der Waals surface area contributed by atoms with Gasteiger partial charge in [0.2, 0.25) is 0 Å². The molecule has 1 aliphatic heterocycles. The normalized spacial score (nSPS) is 25.0. The molecule has 0 unspecified atom stereocenters. The van der Waals surface area contributed by atoms with E-state index in [0.29, 0.717) is 30.8 Å². The van der Waals surface area contributed by atoms with Crippen LogP contribution < -0.4 is 5.32 Å². The van der Waals surface area contributed by atoms with Gasteiger partial charge in [-0.3, -0.25) is 0 Å². The summed E-state index contributed by atoms with van der Waals surface area (Å²) in [4.78, 5) is 14.7. The van der Waals surface area contributed by atoms with E-state index in [-0.39, 0.29) is 17.6 Å². The minimum absolute atomic E-state index is 0.0615. The average molecular weight is 312 g/mol. The molecule has 0 aromatic carbocycles. The Kier molecular flexibility index (Phi) is 7.17. The number of nitrogens with one attached hydrogen (secondary N) is 1. The van der Waals surface area contributed by atoms with Gasteiger partial charge in [0.25, 0.3) is 0 Å². The lowest BCUT2D eigenvalue weighted by Gasteiger charge is -2.34. The largest absolute Gasteiger partial charge is 0.393 e. The number of aliphatic hydroxyl groups is 1. The molecule has 3 atom stereocenters. The summed E-state index contributed by atoms with van der Waals surface area (Å²) in [5, 5.41) is 12.7. The van der Waals surface area contributed by atoms with Crippen molar-refractivity contribution in [2.24, 2.45) is 17.3 Å². The molecule has 1 rings (SSSR count). The second-order valence-electron chi connectivity index (χ2n) is 8.35. The molecule has 2 N–H and O–H groups in total. The van der Waals surface area contributed by atoms with Crippen molar-refractivity contribution >= 4 is 6.03 Å². The number of hydrogen-bond acceptors (Lipinski definition) is 2. The number of rotatable bonds is 5. The Morgan fingerprint density at radius 2 is 1.91 bits per heavy atom. The van der Waals surface area contributed by atoms with Crippen molar-refractivity contribution in [2.75, 3.05) is 13.1 Å². The van der Waals surface area contributed by atoms with Gasteiger partial charge in [0.1, 0.15) is 0 Å². The van der Waals surface area contributed by atoms with Gasteiger partial charge < -0.3 is 15.3 Å². The fourth-order valence-electron chi connectivity index (χ4n) is 3.51. The molecule has 130 valence electrons. The number of nitrogens with zero attached hydrogens (tertiary/aromatic N) is 1. The highest BCUT2D eigenvalue weighted by Gasteiger charge is 2.30. The summed E-state index contributed by atoms with van der Waals surface area (Å²) in [6.45, 7) is 14.1. The third-order valence-electron chi connectivity index (χ3n) is 4.81. The molecule has 0 radical (unpaired) electrons. The first-order valence-corrected chi connectivity index (χ1v) is 8.85. The smallest absolute Gasteiger partial charge is 0.317 e. The van der Waals surface area contributed by atoms with Gasteiger partial charge in [0.05, 0.1) is 6.10 Å². The van der Waals surface area contributed by atoms with Gasteiger partial charge in [-0.25, -0.2) is 4.79 Å². The minimum atomic E-state index is -0.339. The molecule has 1 heterocycles. The molecule has 0 saturated carbocycles. The van der Waals surface area contributed by atoms with Crippen LogP contribution in [0.3, 0.4) is 0 Å². The molecule has 2 amide bonds. The highest BCUT2D eigenvalue weighted by Crippen LogP contribution is 2.26. The molecular weight excluding hydrogens is 276 g/mol. The zero-order valence-electron chi connectivity index (χ0n) is 15.4. The Balaban J connectivity index is 2.64. The molecule has 0 aromatic rings. The van der Waals surface area contributed by atoms with E-state index in [1.807, 2.05) is 4.90 Å². The lowest BCUT2D eigenvalue weighted by molar-refractivity contribution is 0.122. The number of likely N-dealkylation sites (tertiary alicyclic amines) is 1. The Morgan fingerprint density at radius 1 is 1.27 bits per heavy atom. The molecule has 1 aliphatic rings. The Labute approximate surface area is 136 Å². The maximum atomic E-state index is 12.7. The molecule has 1 fully saturated rings. The Morgan fingerprint density at radius 3 is 2.45 bits per heavy atom. The van der Waals surface area contributed by atoms with Crippen LogP contribution in [0.1, 0.15) is 67.2 Å². The van der Waals surface area contributed by atoms with Gasteiger partial charge in [0, 0.05) is 19.1 Å². The molecule has 0 aromatic heterocycles. The number of urea groups is 1. The molecule has 4 heteroatoms. The molecule has 22 heavy (non-hydrogen) atoms. The molecular formula is C18H36N2O2. The van der Waals surface area contributed by atoms with Crippen LogP contribution in [0, 0.1) is 17.3 Å². The maximum Gasteiger partial charge on any atom is 0.317 e. The average Bonchev–Trinajstić information content (AvgIpc) is 2.56. The van der Waals surface area contributed by atoms with E-state index >= 15 is 0 Å². The fourth-order valence-corrected chi connectivity index (χ4v) is 3.51. The van der Waals surface area contributed by atoms with E-state index in [0.717, 1.165) is 19.4 Å². The zero-order valence-corrected chi connectivity index (χ0v) is 15.4. The van der Waals surface area contributed by atoms with Gasteiger partial charge in [-0.15, -0.1) is 0 Å². The van der Waals surface area contributed by atoms with Crippen molar-refractivity contribution < 1.29 is 9.90 Å². The quantitative estimate of drug-likeness (QED) is 0.814. The summed E-state index contributed by atoms with van der Waals surface area (Å²) in [6.07, 6.45) is 3.75. The highest BCUT2D eigenvalue weighted by molar-refractivity contribution is 5.74. The van der Waals surface area contributed by atoms with E-state index in [9.17, 15) is 9.90 Å². The molecule has 0 aliphatic carbocycles. The minimum Gasteiger partial charge on any atom is -0.393 e. The van der Waals surface area contributed by atoms with E-state index < -0.39 is 0 Å². The van der Waals surface area contributed by atoms with Crippen LogP contribution in [0.4, 0.5) is 4.79 Å². The summed E-state index contributed by atoms with van der Waals surface area (Å²) in [7, 11) is 0. The summed E-state index contributed by atoms with van der Waals surface area (Å²) < 4.78 is 0. The van der Waals surface area contributed by atoms with Crippen LogP contribution >= 0.6 is 0 Å². The van der Waals surface area contributed by atoms with E-state index in [4.69, 9.17) is 0 Å². The van der Waals surface area contributed by atoms with E-state index in [2.05, 4.69) is 39.9 Å². The van der Waals surface area contributed by atoms with Crippen molar-refractivity contribution in [3.8, 4) is 0 Å². The Hall–Kier alpha value is -0.770. The third kappa shape index (κ3) is 6.15. The van der Waals surface area contributed by atoms with E-state index in [1.165, 1.54) is 6.42 Å². The van der Waals surface area contributed by atoms with Crippen LogP contribution in [0.5, 0.6) is 0 Å². The first-order valence-electron chi connectivity index (χ1n) is 8.85. The molecule has 0 spiro atoms. The van der Waals surface area contributed by atoms with Crippen molar-refractivity contribution in [1.29, 1.82) is 0 Å². The molecule has 1 saturated heterocycles.